The predicted molar refractivity (Wildman–Crippen MR) is 160 cm³/mol. The summed E-state index contributed by atoms with van der Waals surface area (Å²) in [5.74, 6) is -0.411. The molecule has 0 saturated carbocycles. The van der Waals surface area contributed by atoms with Gasteiger partial charge in [0, 0.05) is 32.1 Å². The SMILES string of the molecule is CC(=O)N1CCC(N2C=C3N(C(=O)/C=C/c4nc5ccccc5s4)O[C@H](CC(C)C)C(=O)N3[C@@H](CC(C)C)C2=O)CC1. The Bertz CT molecular complexity index is 1390. The maximum Gasteiger partial charge on any atom is 0.276 e. The Labute approximate surface area is 250 Å². The predicted octanol–water partition coefficient (Wildman–Crippen LogP) is 4.39. The second-order valence-electron chi connectivity index (χ2n) is 12.0. The van der Waals surface area contributed by atoms with Crippen molar-refractivity contribution >= 4 is 51.3 Å². The summed E-state index contributed by atoms with van der Waals surface area (Å²) in [6, 6.07) is 6.85. The first-order chi connectivity index (χ1) is 20.0. The van der Waals surface area contributed by atoms with Gasteiger partial charge >= 0.3 is 0 Å². The summed E-state index contributed by atoms with van der Waals surface area (Å²) in [6.45, 7) is 10.7. The third-order valence-corrected chi connectivity index (χ3v) is 8.87. The first-order valence-electron chi connectivity index (χ1n) is 14.7. The number of benzene rings is 1. The second kappa shape index (κ2) is 12.3. The van der Waals surface area contributed by atoms with E-state index in [1.807, 2.05) is 52.0 Å². The van der Waals surface area contributed by atoms with Crippen LogP contribution in [0, 0.1) is 11.8 Å². The molecule has 0 unspecified atom stereocenters. The first kappa shape index (κ1) is 29.9. The Kier molecular flexibility index (Phi) is 8.79. The third kappa shape index (κ3) is 6.12. The summed E-state index contributed by atoms with van der Waals surface area (Å²) in [5.41, 5.74) is 0.856. The summed E-state index contributed by atoms with van der Waals surface area (Å²) in [6.07, 6.45) is 5.84. The summed E-state index contributed by atoms with van der Waals surface area (Å²) >= 11 is 1.48. The van der Waals surface area contributed by atoms with Crippen LogP contribution in [-0.4, -0.2) is 79.7 Å². The molecule has 2 aromatic rings. The number of amides is 4. The molecule has 5 rings (SSSR count). The fraction of sp³-hybridized carbons (Fsp3) is 0.516. The molecule has 42 heavy (non-hydrogen) atoms. The van der Waals surface area contributed by atoms with Gasteiger partial charge in [-0.05, 0) is 55.7 Å². The lowest BCUT2D eigenvalue weighted by atomic mass is 9.95. The van der Waals surface area contributed by atoms with Crippen LogP contribution < -0.4 is 0 Å². The maximum atomic E-state index is 14.0. The summed E-state index contributed by atoms with van der Waals surface area (Å²) in [4.78, 5) is 69.2. The standard InChI is InChI=1S/C31H39N5O5S/c1-19(2)16-24-30(39)34(22-12-14-33(15-13-22)21(5)37)18-28-35(24)31(40)25(17-20(3)4)41-36(28)29(38)11-10-27-32-23-8-6-7-9-26(23)42-27/h6-11,18-20,22,24-25H,12-17H2,1-5H3/b11-10+/t24-,25+/m0/s1. The van der Waals surface area contributed by atoms with E-state index in [0.717, 1.165) is 10.2 Å². The molecule has 1 aromatic carbocycles. The number of carbonyl (C=O) groups is 4. The Morgan fingerprint density at radius 3 is 2.38 bits per heavy atom. The lowest BCUT2D eigenvalue weighted by Gasteiger charge is -2.49. The van der Waals surface area contributed by atoms with Crippen LogP contribution in [0.2, 0.25) is 0 Å². The van der Waals surface area contributed by atoms with Crippen LogP contribution in [0.25, 0.3) is 16.3 Å². The van der Waals surface area contributed by atoms with Gasteiger partial charge in [-0.2, -0.15) is 5.06 Å². The number of hydroxylamine groups is 2. The highest BCUT2D eigenvalue weighted by Crippen LogP contribution is 2.36. The Balaban J connectivity index is 1.50. The average molecular weight is 594 g/mol. The molecule has 11 heteroatoms. The summed E-state index contributed by atoms with van der Waals surface area (Å²) in [7, 11) is 0. The van der Waals surface area contributed by atoms with Crippen LogP contribution in [0.15, 0.2) is 42.4 Å². The molecule has 10 nitrogen and oxygen atoms in total. The second-order valence-corrected chi connectivity index (χ2v) is 13.1. The lowest BCUT2D eigenvalue weighted by molar-refractivity contribution is -0.226. The molecule has 3 aliphatic heterocycles. The van der Waals surface area contributed by atoms with Crippen molar-refractivity contribution in [3.05, 3.63) is 47.4 Å². The number of nitrogens with zero attached hydrogens (tertiary/aromatic N) is 5. The number of hydrogen-bond acceptors (Lipinski definition) is 7. The van der Waals surface area contributed by atoms with Crippen LogP contribution in [0.1, 0.15) is 65.3 Å². The van der Waals surface area contributed by atoms with Gasteiger partial charge in [0.05, 0.1) is 16.4 Å². The molecular weight excluding hydrogens is 554 g/mol. The molecule has 2 atom stereocenters. The lowest BCUT2D eigenvalue weighted by Crippen LogP contribution is -2.64. The van der Waals surface area contributed by atoms with Crippen LogP contribution in [-0.2, 0) is 24.0 Å². The molecule has 3 aliphatic rings. The van der Waals surface area contributed by atoms with Crippen molar-refractivity contribution in [2.24, 2.45) is 11.8 Å². The van der Waals surface area contributed by atoms with Gasteiger partial charge in [0.25, 0.3) is 11.8 Å². The highest BCUT2D eigenvalue weighted by Gasteiger charge is 2.50. The average Bonchev–Trinajstić information content (AvgIpc) is 3.37. The van der Waals surface area contributed by atoms with E-state index >= 15 is 0 Å². The molecule has 1 aromatic heterocycles. The van der Waals surface area contributed by atoms with E-state index in [1.54, 1.807) is 29.0 Å². The van der Waals surface area contributed by atoms with E-state index in [4.69, 9.17) is 4.84 Å². The van der Waals surface area contributed by atoms with Crippen molar-refractivity contribution < 1.29 is 24.0 Å². The maximum absolute atomic E-state index is 14.0. The number of para-hydroxylation sites is 1. The summed E-state index contributed by atoms with van der Waals surface area (Å²) in [5, 5.41) is 1.85. The number of hydrogen-bond donors (Lipinski definition) is 0. The Morgan fingerprint density at radius 2 is 1.74 bits per heavy atom. The van der Waals surface area contributed by atoms with Crippen molar-refractivity contribution in [3.63, 3.8) is 0 Å². The monoisotopic (exact) mass is 593 g/mol. The molecule has 0 aliphatic carbocycles. The van der Waals surface area contributed by atoms with Gasteiger partial charge in [0.15, 0.2) is 11.9 Å². The zero-order chi connectivity index (χ0) is 30.1. The van der Waals surface area contributed by atoms with Crippen LogP contribution in [0.4, 0.5) is 0 Å². The quantitative estimate of drug-likeness (QED) is 0.441. The normalized spacial score (nSPS) is 22.1. The largest absolute Gasteiger partial charge is 0.343 e. The van der Waals surface area contributed by atoms with E-state index in [1.165, 1.54) is 27.4 Å². The molecule has 2 fully saturated rings. The van der Waals surface area contributed by atoms with Crippen molar-refractivity contribution in [1.29, 1.82) is 0 Å². The highest BCUT2D eigenvalue weighted by molar-refractivity contribution is 7.19. The topological polar surface area (TPSA) is 103 Å². The van der Waals surface area contributed by atoms with Gasteiger partial charge in [0.2, 0.25) is 11.8 Å². The molecule has 0 bridgehead atoms. The number of fused-ring (bicyclic) bond motifs is 2. The molecule has 0 spiro atoms. The molecule has 2 saturated heterocycles. The fourth-order valence-corrected chi connectivity index (χ4v) is 6.67. The molecule has 0 N–H and O–H groups in total. The number of carbonyl (C=O) groups excluding carboxylic acids is 4. The van der Waals surface area contributed by atoms with Gasteiger partial charge in [-0.3, -0.25) is 28.9 Å². The first-order valence-corrected chi connectivity index (χ1v) is 15.5. The van der Waals surface area contributed by atoms with Gasteiger partial charge in [-0.15, -0.1) is 11.3 Å². The number of piperidine rings is 1. The van der Waals surface area contributed by atoms with Gasteiger partial charge in [0.1, 0.15) is 11.0 Å². The van der Waals surface area contributed by atoms with E-state index in [-0.39, 0.29) is 41.4 Å². The molecular formula is C31H39N5O5S. The number of rotatable bonds is 7. The zero-order valence-electron chi connectivity index (χ0n) is 24.9. The van der Waals surface area contributed by atoms with Crippen molar-refractivity contribution in [3.8, 4) is 0 Å². The Morgan fingerprint density at radius 1 is 1.05 bits per heavy atom. The fourth-order valence-electron chi connectivity index (χ4n) is 5.80. The number of likely N-dealkylation sites (tertiary alicyclic amines) is 1. The van der Waals surface area contributed by atoms with Crippen LogP contribution >= 0.6 is 11.3 Å². The summed E-state index contributed by atoms with van der Waals surface area (Å²) < 4.78 is 1.02. The van der Waals surface area contributed by atoms with Gasteiger partial charge in [-0.25, -0.2) is 4.98 Å². The van der Waals surface area contributed by atoms with E-state index in [0.29, 0.717) is 43.8 Å². The minimum Gasteiger partial charge on any atom is -0.343 e. The van der Waals surface area contributed by atoms with Crippen molar-refractivity contribution in [2.45, 2.75) is 78.5 Å². The molecule has 4 heterocycles. The zero-order valence-corrected chi connectivity index (χ0v) is 25.7. The Hall–Kier alpha value is -3.57. The van der Waals surface area contributed by atoms with Crippen molar-refractivity contribution in [2.75, 3.05) is 13.1 Å². The van der Waals surface area contributed by atoms with Crippen LogP contribution in [0.3, 0.4) is 0 Å². The van der Waals surface area contributed by atoms with E-state index < -0.39 is 18.1 Å². The number of thiazole rings is 1. The van der Waals surface area contributed by atoms with Gasteiger partial charge < -0.3 is 9.80 Å². The molecule has 224 valence electrons. The van der Waals surface area contributed by atoms with E-state index in [2.05, 4.69) is 4.98 Å². The van der Waals surface area contributed by atoms with Crippen LogP contribution in [0.5, 0.6) is 0 Å². The van der Waals surface area contributed by atoms with Crippen molar-refractivity contribution in [1.82, 2.24) is 24.7 Å². The smallest absolute Gasteiger partial charge is 0.276 e. The van der Waals surface area contributed by atoms with Gasteiger partial charge in [-0.1, -0.05) is 39.8 Å². The van der Waals surface area contributed by atoms with E-state index in [9.17, 15) is 19.2 Å². The third-order valence-electron chi connectivity index (χ3n) is 7.87. The molecule has 0 radical (unpaired) electrons. The minimum absolute atomic E-state index is 0.0137. The molecule has 4 amide bonds. The number of aromatic nitrogens is 1. The minimum atomic E-state index is -0.894. The highest BCUT2D eigenvalue weighted by atomic mass is 32.1.